The fourth-order valence-electron chi connectivity index (χ4n) is 0.976. The summed E-state index contributed by atoms with van der Waals surface area (Å²) in [6, 6.07) is 0. The Bertz CT molecular complexity index is 325. The Kier molecular flexibility index (Phi) is 2.78. The average molecular weight is 198 g/mol. The van der Waals surface area contributed by atoms with E-state index in [1.54, 1.807) is 6.20 Å². The third-order valence-electron chi connectivity index (χ3n) is 1.33. The number of nitrogens with zero attached hydrogens (tertiary/aromatic N) is 2. The van der Waals surface area contributed by atoms with Gasteiger partial charge in [-0.1, -0.05) is 0 Å². The molecular formula is C9H14N2O3. The highest BCUT2D eigenvalue weighted by atomic mass is 16.5. The van der Waals surface area contributed by atoms with Crippen LogP contribution in [0.5, 0.6) is 5.75 Å². The SMILES string of the molecule is CC(C)(C)Oc1cnn(CC(=O)O)c1. The Morgan fingerprint density at radius 3 is 2.79 bits per heavy atom. The molecule has 0 aliphatic heterocycles. The smallest absolute Gasteiger partial charge is 0.325 e. The quantitative estimate of drug-likeness (QED) is 0.791. The molecule has 1 rings (SSSR count). The molecule has 1 aromatic heterocycles. The second-order valence-corrected chi connectivity index (χ2v) is 3.98. The summed E-state index contributed by atoms with van der Waals surface area (Å²) in [6.45, 7) is 5.61. The van der Waals surface area contributed by atoms with Crippen LogP contribution < -0.4 is 4.74 Å². The molecular weight excluding hydrogens is 184 g/mol. The molecule has 0 saturated heterocycles. The van der Waals surface area contributed by atoms with Crippen LogP contribution >= 0.6 is 0 Å². The minimum Gasteiger partial charge on any atom is -0.485 e. The van der Waals surface area contributed by atoms with E-state index < -0.39 is 5.97 Å². The molecule has 78 valence electrons. The number of rotatable bonds is 3. The van der Waals surface area contributed by atoms with E-state index in [2.05, 4.69) is 5.10 Å². The molecule has 0 atom stereocenters. The monoisotopic (exact) mass is 198 g/mol. The van der Waals surface area contributed by atoms with Crippen LogP contribution in [0.1, 0.15) is 20.8 Å². The topological polar surface area (TPSA) is 64.4 Å². The summed E-state index contributed by atoms with van der Waals surface area (Å²) >= 11 is 0. The number of carboxylic acids is 1. The summed E-state index contributed by atoms with van der Waals surface area (Å²) in [7, 11) is 0. The van der Waals surface area contributed by atoms with Crippen molar-refractivity contribution in [2.24, 2.45) is 0 Å². The van der Waals surface area contributed by atoms with Crippen molar-refractivity contribution in [3.05, 3.63) is 12.4 Å². The first-order valence-corrected chi connectivity index (χ1v) is 4.30. The Hall–Kier alpha value is -1.52. The molecule has 0 spiro atoms. The number of hydrogen-bond acceptors (Lipinski definition) is 3. The molecule has 5 heteroatoms. The molecule has 5 nitrogen and oxygen atoms in total. The van der Waals surface area contributed by atoms with Crippen molar-refractivity contribution in [3.63, 3.8) is 0 Å². The van der Waals surface area contributed by atoms with E-state index in [-0.39, 0.29) is 12.1 Å². The van der Waals surface area contributed by atoms with Crippen LogP contribution in [-0.4, -0.2) is 26.5 Å². The number of carbonyl (C=O) groups is 1. The van der Waals surface area contributed by atoms with Crippen molar-refractivity contribution in [1.82, 2.24) is 9.78 Å². The van der Waals surface area contributed by atoms with Gasteiger partial charge in [0.2, 0.25) is 0 Å². The normalized spacial score (nSPS) is 11.4. The summed E-state index contributed by atoms with van der Waals surface area (Å²) in [5.41, 5.74) is -0.295. The summed E-state index contributed by atoms with van der Waals surface area (Å²) in [6.07, 6.45) is 3.08. The zero-order valence-electron chi connectivity index (χ0n) is 8.52. The fourth-order valence-corrected chi connectivity index (χ4v) is 0.976. The van der Waals surface area contributed by atoms with Crippen LogP contribution in [-0.2, 0) is 11.3 Å². The van der Waals surface area contributed by atoms with E-state index in [1.807, 2.05) is 20.8 Å². The minimum absolute atomic E-state index is 0.145. The summed E-state index contributed by atoms with van der Waals surface area (Å²) < 4.78 is 6.81. The Morgan fingerprint density at radius 2 is 2.29 bits per heavy atom. The van der Waals surface area contributed by atoms with E-state index in [9.17, 15) is 4.79 Å². The van der Waals surface area contributed by atoms with E-state index >= 15 is 0 Å². The van der Waals surface area contributed by atoms with Crippen LogP contribution in [0.15, 0.2) is 12.4 Å². The van der Waals surface area contributed by atoms with Crippen LogP contribution in [0.2, 0.25) is 0 Å². The van der Waals surface area contributed by atoms with Gasteiger partial charge in [-0.25, -0.2) is 0 Å². The maximum Gasteiger partial charge on any atom is 0.325 e. The lowest BCUT2D eigenvalue weighted by Crippen LogP contribution is -2.22. The standard InChI is InChI=1S/C9H14N2O3/c1-9(2,3)14-7-4-10-11(5-7)6-8(12)13/h4-5H,6H2,1-3H3,(H,12,13). The summed E-state index contributed by atoms with van der Waals surface area (Å²) in [4.78, 5) is 10.4. The third kappa shape index (κ3) is 3.47. The van der Waals surface area contributed by atoms with Crippen LogP contribution in [0.4, 0.5) is 0 Å². The Balaban J connectivity index is 2.64. The Labute approximate surface area is 82.3 Å². The van der Waals surface area contributed by atoms with Crippen molar-refractivity contribution in [3.8, 4) is 5.75 Å². The molecule has 1 aromatic rings. The van der Waals surface area contributed by atoms with Gasteiger partial charge in [0, 0.05) is 0 Å². The zero-order valence-corrected chi connectivity index (χ0v) is 8.52. The predicted octanol–water partition coefficient (Wildman–Crippen LogP) is 1.15. The van der Waals surface area contributed by atoms with E-state index in [0.29, 0.717) is 5.75 Å². The lowest BCUT2D eigenvalue weighted by atomic mass is 10.2. The van der Waals surface area contributed by atoms with E-state index in [4.69, 9.17) is 9.84 Å². The van der Waals surface area contributed by atoms with Crippen LogP contribution in [0, 0.1) is 0 Å². The second kappa shape index (κ2) is 3.69. The van der Waals surface area contributed by atoms with Crippen molar-refractivity contribution < 1.29 is 14.6 Å². The molecule has 0 bridgehead atoms. The minimum atomic E-state index is -0.921. The highest BCUT2D eigenvalue weighted by Crippen LogP contribution is 2.16. The highest BCUT2D eigenvalue weighted by Gasteiger charge is 2.13. The maximum absolute atomic E-state index is 10.4. The summed E-state index contributed by atoms with van der Waals surface area (Å²) in [5.74, 6) is -0.339. The molecule has 0 amide bonds. The van der Waals surface area contributed by atoms with Gasteiger partial charge in [0.1, 0.15) is 12.1 Å². The van der Waals surface area contributed by atoms with Crippen molar-refractivity contribution in [1.29, 1.82) is 0 Å². The number of aromatic nitrogens is 2. The largest absolute Gasteiger partial charge is 0.485 e. The first kappa shape index (κ1) is 10.6. The number of aliphatic carboxylic acids is 1. The molecule has 14 heavy (non-hydrogen) atoms. The van der Waals surface area contributed by atoms with Crippen LogP contribution in [0.3, 0.4) is 0 Å². The lowest BCUT2D eigenvalue weighted by Gasteiger charge is -2.19. The maximum atomic E-state index is 10.4. The zero-order chi connectivity index (χ0) is 10.8. The van der Waals surface area contributed by atoms with Gasteiger partial charge in [0.05, 0.1) is 12.4 Å². The van der Waals surface area contributed by atoms with E-state index in [1.165, 1.54) is 10.9 Å². The molecule has 0 saturated carbocycles. The van der Waals surface area contributed by atoms with Gasteiger partial charge < -0.3 is 9.84 Å². The Morgan fingerprint density at radius 1 is 1.64 bits per heavy atom. The number of hydrogen-bond donors (Lipinski definition) is 1. The van der Waals surface area contributed by atoms with Gasteiger partial charge in [-0.15, -0.1) is 0 Å². The van der Waals surface area contributed by atoms with Crippen molar-refractivity contribution in [2.45, 2.75) is 32.9 Å². The van der Waals surface area contributed by atoms with Gasteiger partial charge in [-0.2, -0.15) is 5.10 Å². The van der Waals surface area contributed by atoms with Crippen LogP contribution in [0.25, 0.3) is 0 Å². The van der Waals surface area contributed by atoms with E-state index in [0.717, 1.165) is 0 Å². The van der Waals surface area contributed by atoms with Gasteiger partial charge >= 0.3 is 5.97 Å². The number of ether oxygens (including phenoxy) is 1. The van der Waals surface area contributed by atoms with Crippen molar-refractivity contribution >= 4 is 5.97 Å². The van der Waals surface area contributed by atoms with Gasteiger partial charge in [-0.05, 0) is 20.8 Å². The average Bonchev–Trinajstić information content (AvgIpc) is 2.30. The van der Waals surface area contributed by atoms with Crippen molar-refractivity contribution in [2.75, 3.05) is 0 Å². The van der Waals surface area contributed by atoms with Gasteiger partial charge in [-0.3, -0.25) is 9.48 Å². The highest BCUT2D eigenvalue weighted by molar-refractivity contribution is 5.66. The molecule has 0 fully saturated rings. The molecule has 0 radical (unpaired) electrons. The molecule has 0 aliphatic rings. The molecule has 0 aliphatic carbocycles. The first-order valence-electron chi connectivity index (χ1n) is 4.30. The second-order valence-electron chi connectivity index (χ2n) is 3.98. The number of carboxylic acid groups (broad SMARTS) is 1. The molecule has 1 heterocycles. The van der Waals surface area contributed by atoms with Gasteiger partial charge in [0.15, 0.2) is 5.75 Å². The summed E-state index contributed by atoms with van der Waals surface area (Å²) in [5, 5.41) is 12.4. The molecule has 0 aromatic carbocycles. The molecule has 0 unspecified atom stereocenters. The fraction of sp³-hybridized carbons (Fsp3) is 0.556. The third-order valence-corrected chi connectivity index (χ3v) is 1.33. The van der Waals surface area contributed by atoms with Gasteiger partial charge in [0.25, 0.3) is 0 Å². The lowest BCUT2D eigenvalue weighted by molar-refractivity contribution is -0.137. The predicted molar refractivity (Wildman–Crippen MR) is 50.2 cm³/mol. The first-order chi connectivity index (χ1) is 6.37. The molecule has 1 N–H and O–H groups in total.